The third-order valence-corrected chi connectivity index (χ3v) is 4.97. The van der Waals surface area contributed by atoms with E-state index in [1.807, 2.05) is 26.2 Å². The van der Waals surface area contributed by atoms with Crippen molar-refractivity contribution in [1.82, 2.24) is 4.98 Å². The van der Waals surface area contributed by atoms with Gasteiger partial charge >= 0.3 is 5.97 Å². The molecule has 1 N–H and O–H groups in total. The topological polar surface area (TPSA) is 60.5 Å². The van der Waals surface area contributed by atoms with Gasteiger partial charge in [-0.3, -0.25) is 4.79 Å². The van der Waals surface area contributed by atoms with Crippen molar-refractivity contribution in [2.75, 3.05) is 18.5 Å². The zero-order valence-electron chi connectivity index (χ0n) is 13.4. The number of rotatable bonds is 5. The Balaban J connectivity index is 2.13. The summed E-state index contributed by atoms with van der Waals surface area (Å²) in [5.41, 5.74) is -0.0995. The standard InChI is InChI=1S/C15H24N2O3S/c1-6-19-12(18)14(3,4)11-9-21-13(16-11)17-15(5)7-8-20-10(15)2/h9-10H,6-8H2,1-5H3,(H,16,17). The normalized spacial score (nSPS) is 25.9. The van der Waals surface area contributed by atoms with Crippen LogP contribution in [0.1, 0.15) is 46.7 Å². The number of anilines is 1. The molecule has 1 aromatic rings. The number of ether oxygens (including phenoxy) is 2. The lowest BCUT2D eigenvalue weighted by atomic mass is 9.90. The summed E-state index contributed by atoms with van der Waals surface area (Å²) in [7, 11) is 0. The Hall–Kier alpha value is -1.14. The first-order chi connectivity index (χ1) is 9.79. The maximum absolute atomic E-state index is 12.0. The van der Waals surface area contributed by atoms with Crippen LogP contribution in [0.3, 0.4) is 0 Å². The van der Waals surface area contributed by atoms with Crippen molar-refractivity contribution < 1.29 is 14.3 Å². The van der Waals surface area contributed by atoms with E-state index >= 15 is 0 Å². The van der Waals surface area contributed by atoms with E-state index in [0.717, 1.165) is 23.9 Å². The van der Waals surface area contributed by atoms with Crippen molar-refractivity contribution in [2.45, 2.75) is 58.1 Å². The van der Waals surface area contributed by atoms with Gasteiger partial charge in [0.1, 0.15) is 5.41 Å². The molecule has 1 aliphatic heterocycles. The third-order valence-electron chi connectivity index (χ3n) is 4.21. The molecule has 2 unspecified atom stereocenters. The number of esters is 1. The van der Waals surface area contributed by atoms with Gasteiger partial charge in [0, 0.05) is 12.0 Å². The van der Waals surface area contributed by atoms with E-state index in [-0.39, 0.29) is 17.6 Å². The molecule has 1 aliphatic rings. The number of nitrogens with zero attached hydrogens (tertiary/aromatic N) is 1. The Labute approximate surface area is 130 Å². The number of hydrogen-bond donors (Lipinski definition) is 1. The molecule has 1 fully saturated rings. The fraction of sp³-hybridized carbons (Fsp3) is 0.733. The van der Waals surface area contributed by atoms with Crippen LogP contribution in [0.4, 0.5) is 5.13 Å². The lowest BCUT2D eigenvalue weighted by Gasteiger charge is -2.28. The lowest BCUT2D eigenvalue weighted by Crippen LogP contribution is -2.41. The van der Waals surface area contributed by atoms with Crippen molar-refractivity contribution in [3.63, 3.8) is 0 Å². The monoisotopic (exact) mass is 312 g/mol. The van der Waals surface area contributed by atoms with Crippen molar-refractivity contribution in [1.29, 1.82) is 0 Å². The van der Waals surface area contributed by atoms with Crippen LogP contribution in [0.2, 0.25) is 0 Å². The zero-order chi connectivity index (χ0) is 15.7. The molecular formula is C15H24N2O3S. The summed E-state index contributed by atoms with van der Waals surface area (Å²) < 4.78 is 10.8. The highest BCUT2D eigenvalue weighted by atomic mass is 32.1. The van der Waals surface area contributed by atoms with Gasteiger partial charge in [-0.2, -0.15) is 0 Å². The van der Waals surface area contributed by atoms with Gasteiger partial charge in [0.25, 0.3) is 0 Å². The molecule has 0 saturated carbocycles. The van der Waals surface area contributed by atoms with E-state index in [1.54, 1.807) is 0 Å². The first kappa shape index (κ1) is 16.2. The molecule has 0 amide bonds. The summed E-state index contributed by atoms with van der Waals surface area (Å²) in [5.74, 6) is -0.245. The van der Waals surface area contributed by atoms with Gasteiger partial charge in [0.2, 0.25) is 0 Å². The molecule has 6 heteroatoms. The summed E-state index contributed by atoms with van der Waals surface area (Å²) in [4.78, 5) is 16.6. The van der Waals surface area contributed by atoms with Crippen LogP contribution in [-0.2, 0) is 19.7 Å². The van der Waals surface area contributed by atoms with E-state index in [1.165, 1.54) is 11.3 Å². The summed E-state index contributed by atoms with van der Waals surface area (Å²) in [6.45, 7) is 10.8. The summed E-state index contributed by atoms with van der Waals surface area (Å²) in [6.07, 6.45) is 1.09. The molecule has 2 heterocycles. The quantitative estimate of drug-likeness (QED) is 0.847. The minimum atomic E-state index is -0.731. The van der Waals surface area contributed by atoms with Gasteiger partial charge in [0.15, 0.2) is 5.13 Å². The van der Waals surface area contributed by atoms with Crippen LogP contribution in [0, 0.1) is 0 Å². The number of hydrogen-bond acceptors (Lipinski definition) is 6. The fourth-order valence-electron chi connectivity index (χ4n) is 2.28. The Morgan fingerprint density at radius 2 is 2.38 bits per heavy atom. The van der Waals surface area contributed by atoms with Crippen LogP contribution in [0.15, 0.2) is 5.38 Å². The first-order valence-corrected chi connectivity index (χ1v) is 8.20. The minimum absolute atomic E-state index is 0.108. The van der Waals surface area contributed by atoms with Gasteiger partial charge in [-0.05, 0) is 41.0 Å². The molecular weight excluding hydrogens is 288 g/mol. The van der Waals surface area contributed by atoms with E-state index in [0.29, 0.717) is 6.61 Å². The second-order valence-corrected chi connectivity index (χ2v) is 7.05. The average molecular weight is 312 g/mol. The second kappa shape index (κ2) is 5.93. The SMILES string of the molecule is CCOC(=O)C(C)(C)c1csc(NC2(C)CCOC2C)n1. The number of thiazole rings is 1. The van der Waals surface area contributed by atoms with Gasteiger partial charge < -0.3 is 14.8 Å². The Morgan fingerprint density at radius 3 is 2.95 bits per heavy atom. The van der Waals surface area contributed by atoms with E-state index in [4.69, 9.17) is 9.47 Å². The van der Waals surface area contributed by atoms with Crippen molar-refractivity contribution >= 4 is 22.4 Å². The second-order valence-electron chi connectivity index (χ2n) is 6.19. The zero-order valence-corrected chi connectivity index (χ0v) is 14.2. The average Bonchev–Trinajstić information content (AvgIpc) is 2.99. The van der Waals surface area contributed by atoms with Crippen LogP contribution in [-0.4, -0.2) is 35.8 Å². The van der Waals surface area contributed by atoms with Gasteiger partial charge in [-0.25, -0.2) is 4.98 Å². The predicted molar refractivity (Wildman–Crippen MR) is 83.8 cm³/mol. The highest BCUT2D eigenvalue weighted by molar-refractivity contribution is 7.13. The molecule has 2 rings (SSSR count). The highest BCUT2D eigenvalue weighted by Gasteiger charge is 2.39. The van der Waals surface area contributed by atoms with Crippen LogP contribution in [0.5, 0.6) is 0 Å². The lowest BCUT2D eigenvalue weighted by molar-refractivity contribution is -0.148. The van der Waals surface area contributed by atoms with Gasteiger partial charge in [-0.15, -0.1) is 11.3 Å². The first-order valence-electron chi connectivity index (χ1n) is 7.32. The smallest absolute Gasteiger partial charge is 0.317 e. The molecule has 0 aromatic carbocycles. The van der Waals surface area contributed by atoms with Crippen LogP contribution < -0.4 is 5.32 Å². The molecule has 0 spiro atoms. The molecule has 118 valence electrons. The summed E-state index contributed by atoms with van der Waals surface area (Å²) in [6, 6.07) is 0. The molecule has 0 aliphatic carbocycles. The third kappa shape index (κ3) is 3.21. The van der Waals surface area contributed by atoms with E-state index in [2.05, 4.69) is 24.1 Å². The summed E-state index contributed by atoms with van der Waals surface area (Å²) >= 11 is 1.51. The van der Waals surface area contributed by atoms with Crippen LogP contribution in [0.25, 0.3) is 0 Å². The van der Waals surface area contributed by atoms with Crippen molar-refractivity contribution in [2.24, 2.45) is 0 Å². The highest BCUT2D eigenvalue weighted by Crippen LogP contribution is 2.33. The van der Waals surface area contributed by atoms with Gasteiger partial charge in [-0.1, -0.05) is 0 Å². The summed E-state index contributed by atoms with van der Waals surface area (Å²) in [5, 5.41) is 6.20. The minimum Gasteiger partial charge on any atom is -0.465 e. The van der Waals surface area contributed by atoms with Crippen molar-refractivity contribution in [3.05, 3.63) is 11.1 Å². The van der Waals surface area contributed by atoms with E-state index < -0.39 is 5.41 Å². The molecule has 0 radical (unpaired) electrons. The Bertz CT molecular complexity index is 515. The molecule has 1 aromatic heterocycles. The number of carbonyl (C=O) groups is 1. The maximum Gasteiger partial charge on any atom is 0.317 e. The predicted octanol–water partition coefficient (Wildman–Crippen LogP) is 2.96. The molecule has 5 nitrogen and oxygen atoms in total. The number of carbonyl (C=O) groups excluding carboxylic acids is 1. The number of aromatic nitrogens is 1. The van der Waals surface area contributed by atoms with E-state index in [9.17, 15) is 4.79 Å². The molecule has 2 atom stereocenters. The largest absolute Gasteiger partial charge is 0.465 e. The fourth-order valence-corrected chi connectivity index (χ4v) is 3.29. The van der Waals surface area contributed by atoms with Gasteiger partial charge in [0.05, 0.1) is 23.9 Å². The molecule has 1 saturated heterocycles. The van der Waals surface area contributed by atoms with Crippen molar-refractivity contribution in [3.8, 4) is 0 Å². The number of nitrogens with one attached hydrogen (secondary N) is 1. The maximum atomic E-state index is 12.0. The molecule has 21 heavy (non-hydrogen) atoms. The van der Waals surface area contributed by atoms with Crippen LogP contribution >= 0.6 is 11.3 Å². The molecule has 0 bridgehead atoms. The Morgan fingerprint density at radius 1 is 1.67 bits per heavy atom. The Kier molecular flexibility index (Phi) is 4.58.